The van der Waals surface area contributed by atoms with Crippen LogP contribution in [0.3, 0.4) is 0 Å². The Morgan fingerprint density at radius 1 is 1.24 bits per heavy atom. The number of nitriles is 1. The lowest BCUT2D eigenvalue weighted by Gasteiger charge is -2.18. The normalized spacial score (nSPS) is 12.1. The molecule has 0 saturated heterocycles. The van der Waals surface area contributed by atoms with E-state index in [1.54, 1.807) is 0 Å². The molecule has 1 unspecified atom stereocenters. The van der Waals surface area contributed by atoms with E-state index in [-0.39, 0.29) is 11.6 Å². The van der Waals surface area contributed by atoms with E-state index in [1.807, 2.05) is 77.1 Å². The largest absolute Gasteiger partial charge is 0.494 e. The summed E-state index contributed by atoms with van der Waals surface area (Å²) in [6, 6.07) is 13.7. The zero-order valence-corrected chi connectivity index (χ0v) is 17.8. The van der Waals surface area contributed by atoms with Crippen molar-refractivity contribution in [3.05, 3.63) is 70.4 Å². The Morgan fingerprint density at radius 2 is 2.00 bits per heavy atom. The van der Waals surface area contributed by atoms with Crippen molar-refractivity contribution in [3.63, 3.8) is 0 Å². The molecule has 5 heteroatoms. The van der Waals surface area contributed by atoms with Gasteiger partial charge in [-0.25, -0.2) is 0 Å². The highest BCUT2D eigenvalue weighted by atomic mass is 16.5. The molecule has 0 fully saturated rings. The van der Waals surface area contributed by atoms with Crippen molar-refractivity contribution in [2.75, 3.05) is 11.9 Å². The summed E-state index contributed by atoms with van der Waals surface area (Å²) in [5.41, 5.74) is 4.90. The second-order valence-electron chi connectivity index (χ2n) is 6.95. The number of carbonyl (C=O) groups excluding carboxylic acids is 1. The van der Waals surface area contributed by atoms with Crippen molar-refractivity contribution in [3.8, 4) is 11.8 Å². The van der Waals surface area contributed by atoms with Gasteiger partial charge in [0.25, 0.3) is 5.91 Å². The van der Waals surface area contributed by atoms with Gasteiger partial charge in [0.15, 0.2) is 0 Å². The molecule has 2 N–H and O–H groups in total. The van der Waals surface area contributed by atoms with Crippen LogP contribution in [0.4, 0.5) is 5.69 Å². The van der Waals surface area contributed by atoms with Gasteiger partial charge in [-0.3, -0.25) is 4.79 Å². The van der Waals surface area contributed by atoms with Crippen molar-refractivity contribution in [1.29, 1.82) is 5.26 Å². The fourth-order valence-electron chi connectivity index (χ4n) is 3.12. The van der Waals surface area contributed by atoms with Crippen molar-refractivity contribution < 1.29 is 9.53 Å². The minimum absolute atomic E-state index is 0.0211. The second kappa shape index (κ2) is 10.3. The summed E-state index contributed by atoms with van der Waals surface area (Å²) < 4.78 is 5.71. The van der Waals surface area contributed by atoms with E-state index in [1.165, 1.54) is 6.20 Å². The fraction of sp³-hybridized carbons (Fsp3) is 0.333. The summed E-state index contributed by atoms with van der Waals surface area (Å²) in [6.07, 6.45) is 2.27. The number of carbonyl (C=O) groups is 1. The highest BCUT2D eigenvalue weighted by Gasteiger charge is 2.15. The number of aryl methyl sites for hydroxylation is 3. The third-order valence-corrected chi connectivity index (χ3v) is 4.75. The van der Waals surface area contributed by atoms with Crippen molar-refractivity contribution in [1.82, 2.24) is 5.32 Å². The molecular weight excluding hydrogens is 362 g/mol. The summed E-state index contributed by atoms with van der Waals surface area (Å²) in [4.78, 5) is 12.7. The molecule has 0 radical (unpaired) electrons. The van der Waals surface area contributed by atoms with E-state index < -0.39 is 5.91 Å². The third-order valence-electron chi connectivity index (χ3n) is 4.75. The standard InChI is InChI=1S/C24H29N3O2/c1-6-19-10-8-9-17(4)23(19)27-24(28)20(14-25)15-26-18(5)21-13-16(3)11-12-22(21)29-7-2/h8-13,15,18,26H,6-7H2,1-5H3,(H,27,28)/b20-15-. The van der Waals surface area contributed by atoms with E-state index in [9.17, 15) is 10.1 Å². The van der Waals surface area contributed by atoms with Gasteiger partial charge < -0.3 is 15.4 Å². The van der Waals surface area contributed by atoms with Gasteiger partial charge in [-0.05, 0) is 51.3 Å². The summed E-state index contributed by atoms with van der Waals surface area (Å²) >= 11 is 0. The van der Waals surface area contributed by atoms with E-state index in [4.69, 9.17) is 4.74 Å². The lowest BCUT2D eigenvalue weighted by Crippen LogP contribution is -2.20. The summed E-state index contributed by atoms with van der Waals surface area (Å²) in [5, 5.41) is 15.5. The maximum Gasteiger partial charge on any atom is 0.267 e. The number of amides is 1. The average molecular weight is 392 g/mol. The second-order valence-corrected chi connectivity index (χ2v) is 6.95. The Hall–Kier alpha value is -3.26. The SMILES string of the molecule is CCOc1ccc(C)cc1C(C)N/C=C(/C#N)C(=O)Nc1c(C)cccc1CC. The van der Waals surface area contributed by atoms with E-state index in [0.717, 1.165) is 40.1 Å². The monoisotopic (exact) mass is 391 g/mol. The van der Waals surface area contributed by atoms with Crippen LogP contribution in [0.25, 0.3) is 0 Å². The lowest BCUT2D eigenvalue weighted by molar-refractivity contribution is -0.112. The highest BCUT2D eigenvalue weighted by Crippen LogP contribution is 2.27. The molecule has 0 spiro atoms. The predicted octanol–water partition coefficient (Wildman–Crippen LogP) is 4.96. The molecule has 0 aliphatic rings. The highest BCUT2D eigenvalue weighted by molar-refractivity contribution is 6.07. The molecule has 2 rings (SSSR count). The minimum atomic E-state index is -0.425. The van der Waals surface area contributed by atoms with Crippen molar-refractivity contribution in [2.24, 2.45) is 0 Å². The molecule has 0 heterocycles. The maximum atomic E-state index is 12.7. The number of rotatable bonds is 8. The van der Waals surface area contributed by atoms with Crippen LogP contribution in [0.2, 0.25) is 0 Å². The lowest BCUT2D eigenvalue weighted by atomic mass is 10.0. The van der Waals surface area contributed by atoms with Crippen molar-refractivity contribution in [2.45, 2.75) is 47.1 Å². The Bertz CT molecular complexity index is 942. The van der Waals surface area contributed by atoms with Crippen LogP contribution in [0.5, 0.6) is 5.75 Å². The molecule has 5 nitrogen and oxygen atoms in total. The van der Waals surface area contributed by atoms with Gasteiger partial charge in [-0.2, -0.15) is 5.26 Å². The van der Waals surface area contributed by atoms with Crippen LogP contribution >= 0.6 is 0 Å². The Balaban J connectivity index is 2.20. The van der Waals surface area contributed by atoms with Gasteiger partial charge >= 0.3 is 0 Å². The number of para-hydroxylation sites is 1. The van der Waals surface area contributed by atoms with Gasteiger partial charge in [0.2, 0.25) is 0 Å². The third kappa shape index (κ3) is 5.61. The van der Waals surface area contributed by atoms with E-state index in [0.29, 0.717) is 6.61 Å². The van der Waals surface area contributed by atoms with Gasteiger partial charge in [0.05, 0.1) is 12.6 Å². The van der Waals surface area contributed by atoms with Crippen LogP contribution in [0, 0.1) is 25.2 Å². The average Bonchev–Trinajstić information content (AvgIpc) is 2.71. The molecule has 152 valence electrons. The smallest absolute Gasteiger partial charge is 0.267 e. The Labute approximate surface area is 173 Å². The number of benzene rings is 2. The predicted molar refractivity (Wildman–Crippen MR) is 117 cm³/mol. The topological polar surface area (TPSA) is 74.1 Å². The van der Waals surface area contributed by atoms with E-state index >= 15 is 0 Å². The minimum Gasteiger partial charge on any atom is -0.494 e. The van der Waals surface area contributed by atoms with Gasteiger partial charge in [0.1, 0.15) is 17.4 Å². The summed E-state index contributed by atoms with van der Waals surface area (Å²) in [5.74, 6) is 0.368. The molecule has 2 aromatic carbocycles. The molecular formula is C24H29N3O2. The number of anilines is 1. The molecule has 0 aliphatic carbocycles. The molecule has 2 aromatic rings. The van der Waals surface area contributed by atoms with Crippen LogP contribution in [0.15, 0.2) is 48.2 Å². The fourth-order valence-corrected chi connectivity index (χ4v) is 3.12. The molecule has 0 saturated carbocycles. The van der Waals surface area contributed by atoms with Crippen LogP contribution in [0.1, 0.15) is 49.1 Å². The first-order valence-electron chi connectivity index (χ1n) is 9.90. The molecule has 0 aromatic heterocycles. The first-order chi connectivity index (χ1) is 13.9. The van der Waals surface area contributed by atoms with E-state index in [2.05, 4.69) is 10.6 Å². The van der Waals surface area contributed by atoms with Crippen LogP contribution in [-0.4, -0.2) is 12.5 Å². The molecule has 1 amide bonds. The zero-order chi connectivity index (χ0) is 21.4. The Kier molecular flexibility index (Phi) is 7.85. The van der Waals surface area contributed by atoms with Gasteiger partial charge in [0, 0.05) is 17.5 Å². The Morgan fingerprint density at radius 3 is 2.66 bits per heavy atom. The first kappa shape index (κ1) is 22.0. The number of hydrogen-bond acceptors (Lipinski definition) is 4. The van der Waals surface area contributed by atoms with Gasteiger partial charge in [-0.1, -0.05) is 42.8 Å². The summed E-state index contributed by atoms with van der Waals surface area (Å²) in [6.45, 7) is 10.5. The zero-order valence-electron chi connectivity index (χ0n) is 17.8. The number of nitrogens with one attached hydrogen (secondary N) is 2. The van der Waals surface area contributed by atoms with Crippen LogP contribution < -0.4 is 15.4 Å². The van der Waals surface area contributed by atoms with Crippen LogP contribution in [-0.2, 0) is 11.2 Å². The molecule has 29 heavy (non-hydrogen) atoms. The maximum absolute atomic E-state index is 12.7. The quantitative estimate of drug-likeness (QED) is 0.493. The summed E-state index contributed by atoms with van der Waals surface area (Å²) in [7, 11) is 0. The number of hydrogen-bond donors (Lipinski definition) is 2. The molecule has 0 aliphatic heterocycles. The van der Waals surface area contributed by atoms with Crippen molar-refractivity contribution >= 4 is 11.6 Å². The van der Waals surface area contributed by atoms with Gasteiger partial charge in [-0.15, -0.1) is 0 Å². The molecule has 0 bridgehead atoms. The molecule has 1 atom stereocenters. The first-order valence-corrected chi connectivity index (χ1v) is 9.90. The number of nitrogens with zero attached hydrogens (tertiary/aromatic N) is 1. The number of ether oxygens (including phenoxy) is 1.